The van der Waals surface area contributed by atoms with Gasteiger partial charge in [-0.25, -0.2) is 5.84 Å². The summed E-state index contributed by atoms with van der Waals surface area (Å²) in [6.07, 6.45) is 9.28. The molecule has 0 unspecified atom stereocenters. The van der Waals surface area contributed by atoms with Crippen molar-refractivity contribution >= 4 is 0 Å². The third-order valence-electron chi connectivity index (χ3n) is 2.44. The Morgan fingerprint density at radius 3 is 3.09 bits per heavy atom. The molecule has 11 heavy (non-hydrogen) atoms. The van der Waals surface area contributed by atoms with Crippen LogP contribution in [0.2, 0.25) is 0 Å². The zero-order valence-corrected chi connectivity index (χ0v) is 6.71. The molecule has 1 aliphatic heterocycles. The highest BCUT2D eigenvalue weighted by atomic mass is 15.4. The van der Waals surface area contributed by atoms with Crippen molar-refractivity contribution in [1.29, 1.82) is 0 Å². The fourth-order valence-corrected chi connectivity index (χ4v) is 1.83. The van der Waals surface area contributed by atoms with Crippen LogP contribution in [0.25, 0.3) is 0 Å². The van der Waals surface area contributed by atoms with Crippen LogP contribution >= 0.6 is 0 Å². The summed E-state index contributed by atoms with van der Waals surface area (Å²) < 4.78 is 0. The largest absolute Gasteiger partial charge is 0.311 e. The van der Waals surface area contributed by atoms with E-state index in [4.69, 9.17) is 5.84 Å². The minimum Gasteiger partial charge on any atom is -0.311 e. The minimum atomic E-state index is 1.02. The molecule has 2 N–H and O–H groups in total. The van der Waals surface area contributed by atoms with Gasteiger partial charge < -0.3 is 5.01 Å². The molecular weight excluding hydrogens is 136 g/mol. The van der Waals surface area contributed by atoms with Crippen molar-refractivity contribution in [1.82, 2.24) is 5.01 Å². The Bertz CT molecular complexity index is 216. The quantitative estimate of drug-likeness (QED) is 0.531. The van der Waals surface area contributed by atoms with Crippen molar-refractivity contribution in [3.05, 3.63) is 23.4 Å². The summed E-state index contributed by atoms with van der Waals surface area (Å²) in [6.45, 7) is 1.02. The van der Waals surface area contributed by atoms with Gasteiger partial charge in [0, 0.05) is 6.54 Å². The maximum absolute atomic E-state index is 5.81. The predicted octanol–water partition coefficient (Wildman–Crippen LogP) is 1.56. The first-order valence-corrected chi connectivity index (χ1v) is 4.29. The highest BCUT2D eigenvalue weighted by Crippen LogP contribution is 2.27. The second-order valence-corrected chi connectivity index (χ2v) is 3.23. The standard InChI is InChI=1S/C9H14N2/c10-11-7-3-5-8-4-1-2-6-9(8)11/h2,6H,1,3-5,7,10H2. The summed E-state index contributed by atoms with van der Waals surface area (Å²) in [4.78, 5) is 0. The van der Waals surface area contributed by atoms with Crippen molar-refractivity contribution in [2.75, 3.05) is 6.54 Å². The Labute approximate surface area is 67.3 Å². The van der Waals surface area contributed by atoms with Crippen molar-refractivity contribution in [3.8, 4) is 0 Å². The van der Waals surface area contributed by atoms with Crippen LogP contribution < -0.4 is 5.84 Å². The van der Waals surface area contributed by atoms with E-state index in [1.807, 2.05) is 5.01 Å². The maximum Gasteiger partial charge on any atom is 0.0506 e. The Balaban J connectivity index is 2.28. The van der Waals surface area contributed by atoms with E-state index in [0.717, 1.165) is 6.54 Å². The predicted molar refractivity (Wildman–Crippen MR) is 45.5 cm³/mol. The molecule has 1 aliphatic carbocycles. The van der Waals surface area contributed by atoms with E-state index in [2.05, 4.69) is 12.2 Å². The molecule has 0 aromatic rings. The summed E-state index contributed by atoms with van der Waals surface area (Å²) in [5.74, 6) is 5.81. The first-order chi connectivity index (χ1) is 5.38. The summed E-state index contributed by atoms with van der Waals surface area (Å²) in [6, 6.07) is 0. The molecule has 0 fully saturated rings. The molecule has 2 nitrogen and oxygen atoms in total. The van der Waals surface area contributed by atoms with Gasteiger partial charge in [-0.15, -0.1) is 0 Å². The van der Waals surface area contributed by atoms with Gasteiger partial charge in [0.15, 0.2) is 0 Å². The molecule has 0 saturated heterocycles. The average molecular weight is 150 g/mol. The van der Waals surface area contributed by atoms with E-state index in [1.165, 1.54) is 31.4 Å². The van der Waals surface area contributed by atoms with Gasteiger partial charge in [-0.05, 0) is 37.3 Å². The van der Waals surface area contributed by atoms with E-state index in [9.17, 15) is 0 Å². The van der Waals surface area contributed by atoms with Crippen LogP contribution in [0.3, 0.4) is 0 Å². The number of nitrogens with zero attached hydrogens (tertiary/aromatic N) is 1. The molecule has 2 heteroatoms. The Morgan fingerprint density at radius 1 is 1.36 bits per heavy atom. The molecular formula is C9H14N2. The normalized spacial score (nSPS) is 23.9. The molecule has 0 saturated carbocycles. The molecule has 0 radical (unpaired) electrons. The number of hydrazine groups is 1. The highest BCUT2D eigenvalue weighted by molar-refractivity contribution is 5.29. The Kier molecular flexibility index (Phi) is 1.70. The molecule has 0 bridgehead atoms. The van der Waals surface area contributed by atoms with Gasteiger partial charge in [-0.1, -0.05) is 6.08 Å². The van der Waals surface area contributed by atoms with E-state index < -0.39 is 0 Å². The van der Waals surface area contributed by atoms with Crippen LogP contribution in [0, 0.1) is 0 Å². The highest BCUT2D eigenvalue weighted by Gasteiger charge is 2.16. The van der Waals surface area contributed by atoms with Crippen molar-refractivity contribution in [2.24, 2.45) is 5.84 Å². The number of hydrogen-bond acceptors (Lipinski definition) is 2. The van der Waals surface area contributed by atoms with Gasteiger partial charge in [0.25, 0.3) is 0 Å². The molecule has 0 aromatic heterocycles. The number of allylic oxidation sites excluding steroid dienone is 3. The fourth-order valence-electron chi connectivity index (χ4n) is 1.83. The Hall–Kier alpha value is -0.760. The second kappa shape index (κ2) is 2.70. The summed E-state index contributed by atoms with van der Waals surface area (Å²) >= 11 is 0. The SMILES string of the molecule is NN1CCCC2=C1C=CCC2. The van der Waals surface area contributed by atoms with E-state index >= 15 is 0 Å². The van der Waals surface area contributed by atoms with Gasteiger partial charge in [-0.3, -0.25) is 0 Å². The average Bonchev–Trinajstić information content (AvgIpc) is 2.06. The van der Waals surface area contributed by atoms with Gasteiger partial charge in [-0.2, -0.15) is 0 Å². The molecule has 2 rings (SSSR count). The molecule has 1 heterocycles. The molecule has 0 spiro atoms. The molecule has 60 valence electrons. The smallest absolute Gasteiger partial charge is 0.0506 e. The zero-order chi connectivity index (χ0) is 7.68. The van der Waals surface area contributed by atoms with E-state index in [0.29, 0.717) is 0 Å². The van der Waals surface area contributed by atoms with Gasteiger partial charge >= 0.3 is 0 Å². The lowest BCUT2D eigenvalue weighted by molar-refractivity contribution is 0.333. The first kappa shape index (κ1) is 6.92. The van der Waals surface area contributed by atoms with E-state index in [-0.39, 0.29) is 0 Å². The molecule has 0 atom stereocenters. The van der Waals surface area contributed by atoms with Gasteiger partial charge in [0.1, 0.15) is 0 Å². The van der Waals surface area contributed by atoms with Gasteiger partial charge in [0.05, 0.1) is 5.70 Å². The Morgan fingerprint density at radius 2 is 2.27 bits per heavy atom. The number of rotatable bonds is 0. The summed E-state index contributed by atoms with van der Waals surface area (Å²) in [5.41, 5.74) is 2.84. The van der Waals surface area contributed by atoms with Crippen LogP contribution in [-0.2, 0) is 0 Å². The third kappa shape index (κ3) is 1.18. The topological polar surface area (TPSA) is 29.3 Å². The van der Waals surface area contributed by atoms with E-state index in [1.54, 1.807) is 5.57 Å². The molecule has 0 amide bonds. The monoisotopic (exact) mass is 150 g/mol. The van der Waals surface area contributed by atoms with Gasteiger partial charge in [0.2, 0.25) is 0 Å². The van der Waals surface area contributed by atoms with Crippen LogP contribution in [0.5, 0.6) is 0 Å². The third-order valence-corrected chi connectivity index (χ3v) is 2.44. The summed E-state index contributed by atoms with van der Waals surface area (Å²) in [7, 11) is 0. The fraction of sp³-hybridized carbons (Fsp3) is 0.556. The second-order valence-electron chi connectivity index (χ2n) is 3.23. The van der Waals surface area contributed by atoms with Crippen LogP contribution in [0.1, 0.15) is 25.7 Å². The number of hydrogen-bond donors (Lipinski definition) is 1. The van der Waals surface area contributed by atoms with Crippen molar-refractivity contribution in [3.63, 3.8) is 0 Å². The molecule has 2 aliphatic rings. The van der Waals surface area contributed by atoms with Crippen molar-refractivity contribution < 1.29 is 0 Å². The van der Waals surface area contributed by atoms with Crippen LogP contribution in [0.15, 0.2) is 23.4 Å². The van der Waals surface area contributed by atoms with Crippen LogP contribution in [-0.4, -0.2) is 11.6 Å². The van der Waals surface area contributed by atoms with Crippen molar-refractivity contribution in [2.45, 2.75) is 25.7 Å². The first-order valence-electron chi connectivity index (χ1n) is 4.29. The lowest BCUT2D eigenvalue weighted by atomic mass is 9.95. The molecule has 0 aromatic carbocycles. The zero-order valence-electron chi connectivity index (χ0n) is 6.71. The lowest BCUT2D eigenvalue weighted by Crippen LogP contribution is -2.34. The van der Waals surface area contributed by atoms with Crippen LogP contribution in [0.4, 0.5) is 0 Å². The summed E-state index contributed by atoms with van der Waals surface area (Å²) in [5, 5.41) is 1.88. The lowest BCUT2D eigenvalue weighted by Gasteiger charge is -2.30. The minimum absolute atomic E-state index is 1.02. The number of nitrogens with two attached hydrogens (primary N) is 1. The maximum atomic E-state index is 5.81.